The normalized spacial score (nSPS) is 13.8. The van der Waals surface area contributed by atoms with Crippen molar-refractivity contribution in [1.82, 2.24) is 0 Å². The first kappa shape index (κ1) is 27.3. The van der Waals surface area contributed by atoms with E-state index in [2.05, 4.69) is 22.9 Å². The highest BCUT2D eigenvalue weighted by molar-refractivity contribution is 9.09. The molecular formula is C23H46BrFO2. The first-order valence-electron chi connectivity index (χ1n) is 11.5. The Morgan fingerprint density at radius 1 is 0.667 bits per heavy atom. The Labute approximate surface area is 177 Å². The molecule has 0 amide bonds. The van der Waals surface area contributed by atoms with Crippen LogP contribution in [-0.4, -0.2) is 37.9 Å². The third-order valence-electron chi connectivity index (χ3n) is 5.15. The summed E-state index contributed by atoms with van der Waals surface area (Å²) < 4.78 is 24.5. The zero-order valence-corrected chi connectivity index (χ0v) is 19.8. The van der Waals surface area contributed by atoms with Crippen LogP contribution in [0.1, 0.15) is 110 Å². The van der Waals surface area contributed by atoms with Gasteiger partial charge in [0.2, 0.25) is 0 Å². The lowest BCUT2D eigenvalue weighted by Crippen LogP contribution is -2.36. The van der Waals surface area contributed by atoms with Crippen molar-refractivity contribution < 1.29 is 13.9 Å². The molecule has 0 fully saturated rings. The fraction of sp³-hybridized carbons (Fsp3) is 1.00. The van der Waals surface area contributed by atoms with Crippen molar-refractivity contribution >= 4 is 15.9 Å². The average molecular weight is 454 g/mol. The van der Waals surface area contributed by atoms with Gasteiger partial charge in [0.1, 0.15) is 0 Å². The summed E-state index contributed by atoms with van der Waals surface area (Å²) in [7, 11) is 1.52. The maximum atomic E-state index is 14.1. The molecule has 0 heterocycles. The molecule has 4 heteroatoms. The van der Waals surface area contributed by atoms with Crippen molar-refractivity contribution in [2.75, 3.05) is 32.3 Å². The van der Waals surface area contributed by atoms with E-state index in [0.29, 0.717) is 6.61 Å². The molecule has 0 radical (unpaired) electrons. The van der Waals surface area contributed by atoms with E-state index in [1.807, 2.05) is 0 Å². The smallest absolute Gasteiger partial charge is 0.166 e. The Balaban J connectivity index is 3.17. The standard InChI is InChI=1S/C23H46BrFO2/c1-3-4-5-6-7-8-9-10-11-12-13-14-15-16-17-18-19-27-22-23(25,20-24)21-26-2/h3-22H2,1-2H3. The number of alkyl halides is 2. The second-order valence-electron chi connectivity index (χ2n) is 8.07. The first-order valence-corrected chi connectivity index (χ1v) is 12.6. The van der Waals surface area contributed by atoms with Gasteiger partial charge in [0.15, 0.2) is 5.67 Å². The first-order chi connectivity index (χ1) is 13.2. The number of hydrogen-bond acceptors (Lipinski definition) is 2. The predicted octanol–water partition coefficient (Wildman–Crippen LogP) is 8.01. The molecule has 0 aromatic carbocycles. The summed E-state index contributed by atoms with van der Waals surface area (Å²) in [5, 5.41) is 0.257. The minimum atomic E-state index is -1.40. The molecule has 0 spiro atoms. The lowest BCUT2D eigenvalue weighted by molar-refractivity contribution is -0.0185. The fourth-order valence-corrected chi connectivity index (χ4v) is 3.71. The SMILES string of the molecule is CCCCCCCCCCCCCCCCCCOCC(F)(CBr)COC. The van der Waals surface area contributed by atoms with E-state index < -0.39 is 5.67 Å². The zero-order chi connectivity index (χ0) is 20.1. The van der Waals surface area contributed by atoms with Gasteiger partial charge in [-0.05, 0) is 6.42 Å². The molecule has 164 valence electrons. The highest BCUT2D eigenvalue weighted by atomic mass is 79.9. The van der Waals surface area contributed by atoms with Gasteiger partial charge in [-0.2, -0.15) is 0 Å². The van der Waals surface area contributed by atoms with Gasteiger partial charge in [0.25, 0.3) is 0 Å². The van der Waals surface area contributed by atoms with Gasteiger partial charge in [-0.25, -0.2) is 4.39 Å². The molecule has 0 aromatic heterocycles. The van der Waals surface area contributed by atoms with E-state index in [-0.39, 0.29) is 18.5 Å². The van der Waals surface area contributed by atoms with E-state index >= 15 is 0 Å². The maximum absolute atomic E-state index is 14.1. The monoisotopic (exact) mass is 452 g/mol. The van der Waals surface area contributed by atoms with E-state index in [1.165, 1.54) is 103 Å². The number of unbranched alkanes of at least 4 members (excludes halogenated alkanes) is 15. The summed E-state index contributed by atoms with van der Waals surface area (Å²) in [6.45, 7) is 3.13. The maximum Gasteiger partial charge on any atom is 0.166 e. The third kappa shape index (κ3) is 19.4. The summed E-state index contributed by atoms with van der Waals surface area (Å²) >= 11 is 3.19. The van der Waals surface area contributed by atoms with Crippen LogP contribution in [0.15, 0.2) is 0 Å². The number of hydrogen-bond donors (Lipinski definition) is 0. The van der Waals surface area contributed by atoms with Crippen molar-refractivity contribution in [2.24, 2.45) is 0 Å². The van der Waals surface area contributed by atoms with Crippen molar-refractivity contribution in [3.63, 3.8) is 0 Å². The Morgan fingerprint density at radius 3 is 1.44 bits per heavy atom. The molecule has 0 N–H and O–H groups in total. The van der Waals surface area contributed by atoms with Gasteiger partial charge >= 0.3 is 0 Å². The van der Waals surface area contributed by atoms with Gasteiger partial charge in [-0.15, -0.1) is 0 Å². The minimum absolute atomic E-state index is 0.0806. The molecule has 1 atom stereocenters. The quantitative estimate of drug-likeness (QED) is 0.122. The number of halogens is 2. The summed E-state index contributed by atoms with van der Waals surface area (Å²) in [6.07, 6.45) is 21.8. The molecule has 0 saturated carbocycles. The molecule has 0 rings (SSSR count). The minimum Gasteiger partial charge on any atom is -0.381 e. The topological polar surface area (TPSA) is 18.5 Å². The van der Waals surface area contributed by atoms with Crippen LogP contribution in [0.3, 0.4) is 0 Å². The highest BCUT2D eigenvalue weighted by Crippen LogP contribution is 2.16. The molecule has 0 aliphatic carbocycles. The van der Waals surface area contributed by atoms with E-state index in [0.717, 1.165) is 6.42 Å². The highest BCUT2D eigenvalue weighted by Gasteiger charge is 2.28. The molecule has 0 aromatic rings. The van der Waals surface area contributed by atoms with Crippen molar-refractivity contribution in [1.29, 1.82) is 0 Å². The van der Waals surface area contributed by atoms with Crippen LogP contribution in [0.5, 0.6) is 0 Å². The van der Waals surface area contributed by atoms with Gasteiger partial charge in [-0.1, -0.05) is 119 Å². The number of rotatable bonds is 22. The van der Waals surface area contributed by atoms with Crippen LogP contribution in [0.4, 0.5) is 4.39 Å². The average Bonchev–Trinajstić information content (AvgIpc) is 2.67. The molecule has 1 unspecified atom stereocenters. The molecule has 0 saturated heterocycles. The van der Waals surface area contributed by atoms with Gasteiger partial charge < -0.3 is 9.47 Å². The molecular weight excluding hydrogens is 407 g/mol. The number of ether oxygens (including phenoxy) is 2. The largest absolute Gasteiger partial charge is 0.381 e. The molecule has 0 aliphatic rings. The van der Waals surface area contributed by atoms with Crippen LogP contribution in [0, 0.1) is 0 Å². The molecule has 0 bridgehead atoms. The third-order valence-corrected chi connectivity index (χ3v) is 6.15. The van der Waals surface area contributed by atoms with Crippen molar-refractivity contribution in [3.8, 4) is 0 Å². The lowest BCUT2D eigenvalue weighted by Gasteiger charge is -2.21. The van der Waals surface area contributed by atoms with E-state index in [4.69, 9.17) is 9.47 Å². The van der Waals surface area contributed by atoms with Gasteiger partial charge in [0, 0.05) is 19.0 Å². The fourth-order valence-electron chi connectivity index (χ4n) is 3.38. The van der Waals surface area contributed by atoms with Gasteiger partial charge in [0.05, 0.1) is 13.2 Å². The van der Waals surface area contributed by atoms with Crippen molar-refractivity contribution in [3.05, 3.63) is 0 Å². The summed E-state index contributed by atoms with van der Waals surface area (Å²) in [5.41, 5.74) is -1.40. The second-order valence-corrected chi connectivity index (χ2v) is 8.63. The lowest BCUT2D eigenvalue weighted by atomic mass is 10.0. The Bertz CT molecular complexity index is 292. The Hall–Kier alpha value is 0.330. The predicted molar refractivity (Wildman–Crippen MR) is 120 cm³/mol. The van der Waals surface area contributed by atoms with Crippen molar-refractivity contribution in [2.45, 2.75) is 115 Å². The second kappa shape index (κ2) is 21.0. The van der Waals surface area contributed by atoms with Crippen LogP contribution >= 0.6 is 15.9 Å². The Morgan fingerprint density at radius 2 is 1.07 bits per heavy atom. The van der Waals surface area contributed by atoms with E-state index in [1.54, 1.807) is 0 Å². The molecule has 0 aliphatic heterocycles. The molecule has 27 heavy (non-hydrogen) atoms. The molecule has 2 nitrogen and oxygen atoms in total. The number of methoxy groups -OCH3 is 1. The summed E-state index contributed by atoms with van der Waals surface area (Å²) in [5.74, 6) is 0. The summed E-state index contributed by atoms with van der Waals surface area (Å²) in [6, 6.07) is 0. The van der Waals surface area contributed by atoms with Gasteiger partial charge in [-0.3, -0.25) is 0 Å². The zero-order valence-electron chi connectivity index (χ0n) is 18.2. The van der Waals surface area contributed by atoms with Crippen LogP contribution in [-0.2, 0) is 9.47 Å². The Kier molecular flexibility index (Phi) is 21.3. The van der Waals surface area contributed by atoms with Crippen LogP contribution < -0.4 is 0 Å². The van der Waals surface area contributed by atoms with Crippen LogP contribution in [0.2, 0.25) is 0 Å². The summed E-state index contributed by atoms with van der Waals surface area (Å²) in [4.78, 5) is 0. The van der Waals surface area contributed by atoms with E-state index in [9.17, 15) is 4.39 Å². The van der Waals surface area contributed by atoms with Crippen LogP contribution in [0.25, 0.3) is 0 Å².